The fraction of sp³-hybridized carbons (Fsp3) is 0.667. The summed E-state index contributed by atoms with van der Waals surface area (Å²) in [7, 11) is 0. The molecule has 15 heavy (non-hydrogen) atoms. The standard InChI is InChI=1S/C12H20O3/c1-4-6-7-8-11(10(3)13)9-12(14)15-5-2/h8H,4-7,9H2,1-3H3/b11-8+. The van der Waals surface area contributed by atoms with E-state index >= 15 is 0 Å². The molecule has 0 aliphatic rings. The first-order chi connectivity index (χ1) is 7.11. The maximum atomic E-state index is 11.2. The number of rotatable bonds is 7. The number of ether oxygens (including phenoxy) is 1. The zero-order chi connectivity index (χ0) is 11.7. The molecule has 0 N–H and O–H groups in total. The van der Waals surface area contributed by atoms with Crippen molar-refractivity contribution in [3.63, 3.8) is 0 Å². The topological polar surface area (TPSA) is 43.4 Å². The number of esters is 1. The molecule has 0 radical (unpaired) electrons. The van der Waals surface area contributed by atoms with Gasteiger partial charge in [0, 0.05) is 5.57 Å². The molecule has 3 nitrogen and oxygen atoms in total. The minimum atomic E-state index is -0.324. The average molecular weight is 212 g/mol. The van der Waals surface area contributed by atoms with Gasteiger partial charge in [-0.25, -0.2) is 0 Å². The third kappa shape index (κ3) is 6.89. The first-order valence-corrected chi connectivity index (χ1v) is 5.47. The van der Waals surface area contributed by atoms with Crippen molar-refractivity contribution in [1.82, 2.24) is 0 Å². The lowest BCUT2D eigenvalue weighted by molar-refractivity contribution is -0.142. The number of unbranched alkanes of at least 4 members (excludes halogenated alkanes) is 2. The molecule has 3 heteroatoms. The smallest absolute Gasteiger partial charge is 0.310 e. The predicted molar refractivity (Wildman–Crippen MR) is 59.5 cm³/mol. The van der Waals surface area contributed by atoms with Crippen molar-refractivity contribution in [3.05, 3.63) is 11.6 Å². The Balaban J connectivity index is 4.21. The number of ketones is 1. The number of carbonyl (C=O) groups is 2. The number of Topliss-reactive ketones (excluding diaryl/α,β-unsaturated/α-hetero) is 1. The summed E-state index contributed by atoms with van der Waals surface area (Å²) >= 11 is 0. The Morgan fingerprint density at radius 3 is 2.40 bits per heavy atom. The van der Waals surface area contributed by atoms with Gasteiger partial charge in [0.05, 0.1) is 13.0 Å². The Labute approximate surface area is 91.5 Å². The van der Waals surface area contributed by atoms with Crippen molar-refractivity contribution >= 4 is 11.8 Å². The Hall–Kier alpha value is -1.12. The fourth-order valence-electron chi connectivity index (χ4n) is 1.19. The summed E-state index contributed by atoms with van der Waals surface area (Å²) in [6, 6.07) is 0. The molecule has 0 amide bonds. The molecule has 0 aliphatic heterocycles. The number of hydrogen-bond acceptors (Lipinski definition) is 3. The molecule has 0 rings (SSSR count). The van der Waals surface area contributed by atoms with Crippen molar-refractivity contribution in [1.29, 1.82) is 0 Å². The van der Waals surface area contributed by atoms with E-state index in [1.165, 1.54) is 6.92 Å². The first kappa shape index (κ1) is 13.9. The molecular formula is C12H20O3. The second-order valence-corrected chi connectivity index (χ2v) is 3.41. The van der Waals surface area contributed by atoms with Gasteiger partial charge in [-0.05, 0) is 20.3 Å². The third-order valence-corrected chi connectivity index (χ3v) is 2.04. The van der Waals surface area contributed by atoms with E-state index in [1.807, 2.05) is 6.08 Å². The summed E-state index contributed by atoms with van der Waals surface area (Å²) in [5.41, 5.74) is 0.571. The molecule has 0 fully saturated rings. The van der Waals surface area contributed by atoms with E-state index < -0.39 is 0 Å². The van der Waals surface area contributed by atoms with Crippen LogP contribution in [0.2, 0.25) is 0 Å². The highest BCUT2D eigenvalue weighted by Crippen LogP contribution is 2.08. The van der Waals surface area contributed by atoms with Gasteiger partial charge in [0.15, 0.2) is 5.78 Å². The van der Waals surface area contributed by atoms with Crippen LogP contribution in [0, 0.1) is 0 Å². The zero-order valence-corrected chi connectivity index (χ0v) is 9.84. The average Bonchev–Trinajstić information content (AvgIpc) is 2.16. The normalized spacial score (nSPS) is 11.3. The molecule has 0 saturated heterocycles. The van der Waals surface area contributed by atoms with Gasteiger partial charge in [0.25, 0.3) is 0 Å². The van der Waals surface area contributed by atoms with E-state index in [4.69, 9.17) is 4.74 Å². The lowest BCUT2D eigenvalue weighted by atomic mass is 10.1. The molecular weight excluding hydrogens is 192 g/mol. The van der Waals surface area contributed by atoms with Crippen molar-refractivity contribution in [3.8, 4) is 0 Å². The fourth-order valence-corrected chi connectivity index (χ4v) is 1.19. The van der Waals surface area contributed by atoms with Crippen molar-refractivity contribution < 1.29 is 14.3 Å². The van der Waals surface area contributed by atoms with Gasteiger partial charge in [0.1, 0.15) is 0 Å². The van der Waals surface area contributed by atoms with Crippen LogP contribution in [0.3, 0.4) is 0 Å². The van der Waals surface area contributed by atoms with Crippen molar-refractivity contribution in [2.75, 3.05) is 6.61 Å². The van der Waals surface area contributed by atoms with Crippen LogP contribution in [-0.2, 0) is 14.3 Å². The number of hydrogen-bond donors (Lipinski definition) is 0. The maximum absolute atomic E-state index is 11.2. The number of carbonyl (C=O) groups excluding carboxylic acids is 2. The summed E-state index contributed by atoms with van der Waals surface area (Å²) in [4.78, 5) is 22.4. The van der Waals surface area contributed by atoms with Crippen LogP contribution in [0.25, 0.3) is 0 Å². The maximum Gasteiger partial charge on any atom is 0.310 e. The van der Waals surface area contributed by atoms with Gasteiger partial charge in [-0.3, -0.25) is 9.59 Å². The molecule has 0 aliphatic carbocycles. The van der Waals surface area contributed by atoms with Crippen LogP contribution in [-0.4, -0.2) is 18.4 Å². The molecule has 0 heterocycles. The summed E-state index contributed by atoms with van der Waals surface area (Å²) in [5, 5.41) is 0. The van der Waals surface area contributed by atoms with E-state index in [2.05, 4.69) is 6.92 Å². The molecule has 0 aromatic carbocycles. The van der Waals surface area contributed by atoms with Gasteiger partial charge in [-0.2, -0.15) is 0 Å². The Kier molecular flexibility index (Phi) is 7.60. The highest BCUT2D eigenvalue weighted by atomic mass is 16.5. The highest BCUT2D eigenvalue weighted by molar-refractivity contribution is 5.97. The molecule has 0 bridgehead atoms. The highest BCUT2D eigenvalue weighted by Gasteiger charge is 2.10. The molecule has 0 saturated carbocycles. The van der Waals surface area contributed by atoms with Crippen LogP contribution in [0.5, 0.6) is 0 Å². The van der Waals surface area contributed by atoms with Crippen LogP contribution in [0.4, 0.5) is 0 Å². The van der Waals surface area contributed by atoms with Gasteiger partial charge in [0.2, 0.25) is 0 Å². The lowest BCUT2D eigenvalue weighted by Gasteiger charge is -2.03. The summed E-state index contributed by atoms with van der Waals surface area (Å²) in [6.45, 7) is 5.69. The predicted octanol–water partition coefficient (Wildman–Crippen LogP) is 2.65. The van der Waals surface area contributed by atoms with E-state index in [-0.39, 0.29) is 18.2 Å². The summed E-state index contributed by atoms with van der Waals surface area (Å²) in [5.74, 6) is -0.366. The van der Waals surface area contributed by atoms with Crippen LogP contribution < -0.4 is 0 Å². The van der Waals surface area contributed by atoms with Gasteiger partial charge >= 0.3 is 5.97 Å². The Morgan fingerprint density at radius 2 is 1.93 bits per heavy atom. The van der Waals surface area contributed by atoms with E-state index in [9.17, 15) is 9.59 Å². The SMILES string of the molecule is CCCC/C=C(\CC(=O)OCC)C(C)=O. The Bertz CT molecular complexity index is 241. The lowest BCUT2D eigenvalue weighted by Crippen LogP contribution is -2.09. The van der Waals surface area contributed by atoms with E-state index in [0.717, 1.165) is 19.3 Å². The van der Waals surface area contributed by atoms with Crippen molar-refractivity contribution in [2.24, 2.45) is 0 Å². The monoisotopic (exact) mass is 212 g/mol. The molecule has 0 atom stereocenters. The minimum Gasteiger partial charge on any atom is -0.466 e. The van der Waals surface area contributed by atoms with Gasteiger partial charge < -0.3 is 4.74 Å². The van der Waals surface area contributed by atoms with Gasteiger partial charge in [-0.15, -0.1) is 0 Å². The zero-order valence-electron chi connectivity index (χ0n) is 9.84. The van der Waals surface area contributed by atoms with Crippen LogP contribution in [0.1, 0.15) is 46.5 Å². The quantitative estimate of drug-likeness (QED) is 0.370. The second-order valence-electron chi connectivity index (χ2n) is 3.41. The summed E-state index contributed by atoms with van der Waals surface area (Å²) < 4.78 is 4.80. The molecule has 0 aromatic rings. The van der Waals surface area contributed by atoms with Crippen LogP contribution >= 0.6 is 0 Å². The molecule has 0 spiro atoms. The second kappa shape index (κ2) is 8.21. The van der Waals surface area contributed by atoms with E-state index in [0.29, 0.717) is 12.2 Å². The summed E-state index contributed by atoms with van der Waals surface area (Å²) in [6.07, 6.45) is 4.93. The number of allylic oxidation sites excluding steroid dienone is 1. The largest absolute Gasteiger partial charge is 0.466 e. The molecule has 0 unspecified atom stereocenters. The minimum absolute atomic E-state index is 0.0424. The Morgan fingerprint density at radius 1 is 1.27 bits per heavy atom. The molecule has 86 valence electrons. The van der Waals surface area contributed by atoms with E-state index in [1.54, 1.807) is 6.92 Å². The van der Waals surface area contributed by atoms with Crippen LogP contribution in [0.15, 0.2) is 11.6 Å². The van der Waals surface area contributed by atoms with Crippen molar-refractivity contribution in [2.45, 2.75) is 46.5 Å². The third-order valence-electron chi connectivity index (χ3n) is 2.04. The van der Waals surface area contributed by atoms with Gasteiger partial charge in [-0.1, -0.05) is 25.8 Å². The molecule has 0 aromatic heterocycles. The first-order valence-electron chi connectivity index (χ1n) is 5.47.